The quantitative estimate of drug-likeness (QED) is 0.191. The predicted octanol–water partition coefficient (Wildman–Crippen LogP) is 11.3. The number of hydrogen-bond donors (Lipinski definition) is 0. The summed E-state index contributed by atoms with van der Waals surface area (Å²) in [5, 5.41) is 2.33. The molecule has 5 aromatic rings. The van der Waals surface area contributed by atoms with Crippen LogP contribution in [0.1, 0.15) is 81.2 Å². The first-order valence-corrected chi connectivity index (χ1v) is 18.2. The lowest BCUT2D eigenvalue weighted by Crippen LogP contribution is -2.37. The normalized spacial score (nSPS) is 19.7. The largest absolute Gasteiger partial charge is 0.497 e. The summed E-state index contributed by atoms with van der Waals surface area (Å²) in [7, 11) is 3.41. The molecule has 0 bridgehead atoms. The standard InChI is InChI=1S/C44H42O4S/c1-41(2)21-23-43(24-22-41)35-10-8-7-9-31(35)38-33-25-36-37(49-42(3,4)47-36)26-34(33)40-32(39(38)43)19-20-44(48-40,27-11-15-29(45-5)16-12-27)28-13-17-30(46-6)18-14-28/h7-20,25-26H,21-24H2,1-6H3. The Morgan fingerprint density at radius 1 is 0.694 bits per heavy atom. The zero-order valence-electron chi connectivity index (χ0n) is 29.1. The molecule has 5 aromatic carbocycles. The molecule has 1 spiro atoms. The Balaban J connectivity index is 1.36. The highest BCUT2D eigenvalue weighted by Crippen LogP contribution is 2.64. The van der Waals surface area contributed by atoms with Crippen LogP contribution in [0, 0.1) is 5.41 Å². The average Bonchev–Trinajstić information content (AvgIpc) is 3.58. The fourth-order valence-corrected chi connectivity index (χ4v) is 9.95. The van der Waals surface area contributed by atoms with Crippen molar-refractivity contribution in [1.29, 1.82) is 0 Å². The second-order valence-electron chi connectivity index (χ2n) is 15.4. The van der Waals surface area contributed by atoms with Gasteiger partial charge in [-0.15, -0.1) is 0 Å². The van der Waals surface area contributed by atoms with Crippen LogP contribution < -0.4 is 18.9 Å². The molecule has 4 aliphatic rings. The van der Waals surface area contributed by atoms with Gasteiger partial charge in [-0.3, -0.25) is 0 Å². The first-order valence-electron chi connectivity index (χ1n) is 17.4. The van der Waals surface area contributed by atoms with E-state index in [0.29, 0.717) is 5.41 Å². The molecule has 4 nitrogen and oxygen atoms in total. The summed E-state index contributed by atoms with van der Waals surface area (Å²) in [4.78, 5) is 0.811. The van der Waals surface area contributed by atoms with Crippen LogP contribution in [0.25, 0.3) is 28.0 Å². The van der Waals surface area contributed by atoms with Gasteiger partial charge < -0.3 is 18.9 Å². The van der Waals surface area contributed by atoms with Crippen molar-refractivity contribution in [2.24, 2.45) is 5.41 Å². The van der Waals surface area contributed by atoms with E-state index < -0.39 is 5.60 Å². The van der Waals surface area contributed by atoms with Crippen LogP contribution in [0.15, 0.2) is 95.9 Å². The molecule has 0 radical (unpaired) electrons. The molecule has 49 heavy (non-hydrogen) atoms. The topological polar surface area (TPSA) is 36.9 Å². The minimum Gasteiger partial charge on any atom is -0.497 e. The molecule has 0 saturated heterocycles. The van der Waals surface area contributed by atoms with Crippen molar-refractivity contribution in [2.45, 2.75) is 74.2 Å². The van der Waals surface area contributed by atoms with Gasteiger partial charge in [0.15, 0.2) is 10.5 Å². The fourth-order valence-electron chi connectivity index (χ4n) is 8.91. The lowest BCUT2D eigenvalue weighted by molar-refractivity contribution is 0.161. The van der Waals surface area contributed by atoms with Gasteiger partial charge in [0, 0.05) is 27.5 Å². The highest BCUT2D eigenvalue weighted by atomic mass is 32.2. The second-order valence-corrected chi connectivity index (χ2v) is 17.0. The summed E-state index contributed by atoms with van der Waals surface area (Å²) < 4.78 is 25.3. The third kappa shape index (κ3) is 4.50. The molecule has 1 fully saturated rings. The highest BCUT2D eigenvalue weighted by molar-refractivity contribution is 8.00. The third-order valence-electron chi connectivity index (χ3n) is 11.5. The Kier molecular flexibility index (Phi) is 6.62. The van der Waals surface area contributed by atoms with Crippen LogP contribution in [-0.4, -0.2) is 19.2 Å². The van der Waals surface area contributed by atoms with Gasteiger partial charge >= 0.3 is 0 Å². The monoisotopic (exact) mass is 666 g/mol. The summed E-state index contributed by atoms with van der Waals surface area (Å²) in [6.45, 7) is 9.15. The number of fused-ring (bicyclic) bond motifs is 11. The van der Waals surface area contributed by atoms with Gasteiger partial charge in [-0.1, -0.05) is 80.2 Å². The molecule has 0 amide bonds. The molecule has 5 heteroatoms. The van der Waals surface area contributed by atoms with Crippen molar-refractivity contribution in [3.63, 3.8) is 0 Å². The molecular weight excluding hydrogens is 625 g/mol. The van der Waals surface area contributed by atoms with Crippen molar-refractivity contribution < 1.29 is 18.9 Å². The van der Waals surface area contributed by atoms with Crippen molar-refractivity contribution in [3.05, 3.63) is 119 Å². The maximum Gasteiger partial charge on any atom is 0.178 e. The van der Waals surface area contributed by atoms with Gasteiger partial charge in [0.05, 0.1) is 19.1 Å². The van der Waals surface area contributed by atoms with E-state index in [2.05, 4.69) is 101 Å². The molecule has 0 N–H and O–H groups in total. The van der Waals surface area contributed by atoms with Crippen molar-refractivity contribution in [2.75, 3.05) is 14.2 Å². The predicted molar refractivity (Wildman–Crippen MR) is 199 cm³/mol. The molecular formula is C44H42O4S. The zero-order valence-corrected chi connectivity index (χ0v) is 29.9. The van der Waals surface area contributed by atoms with Gasteiger partial charge in [0.25, 0.3) is 0 Å². The van der Waals surface area contributed by atoms with Gasteiger partial charge in [-0.05, 0) is 115 Å². The van der Waals surface area contributed by atoms with E-state index in [1.54, 1.807) is 26.0 Å². The van der Waals surface area contributed by atoms with Gasteiger partial charge in [0.2, 0.25) is 0 Å². The molecule has 0 atom stereocenters. The fraction of sp³-hybridized carbons (Fsp3) is 0.318. The summed E-state index contributed by atoms with van der Waals surface area (Å²) in [6, 6.07) is 30.4. The van der Waals surface area contributed by atoms with E-state index in [1.165, 1.54) is 46.0 Å². The van der Waals surface area contributed by atoms with Crippen LogP contribution >= 0.6 is 11.8 Å². The van der Waals surface area contributed by atoms with E-state index >= 15 is 0 Å². The van der Waals surface area contributed by atoms with E-state index in [9.17, 15) is 0 Å². The van der Waals surface area contributed by atoms with Crippen LogP contribution in [-0.2, 0) is 11.0 Å². The summed E-state index contributed by atoms with van der Waals surface area (Å²) in [5.41, 5.74) is 8.22. The summed E-state index contributed by atoms with van der Waals surface area (Å²) in [6.07, 6.45) is 9.24. The lowest BCUT2D eigenvalue weighted by atomic mass is 9.60. The molecule has 2 aliphatic carbocycles. The van der Waals surface area contributed by atoms with E-state index in [-0.39, 0.29) is 10.3 Å². The second kappa shape index (κ2) is 10.6. The number of rotatable bonds is 4. The van der Waals surface area contributed by atoms with Crippen LogP contribution in [0.3, 0.4) is 0 Å². The Morgan fingerprint density at radius 2 is 1.33 bits per heavy atom. The van der Waals surface area contributed by atoms with Gasteiger partial charge in [-0.25, -0.2) is 0 Å². The van der Waals surface area contributed by atoms with E-state index in [0.717, 1.165) is 57.2 Å². The number of hydrogen-bond acceptors (Lipinski definition) is 5. The van der Waals surface area contributed by atoms with Gasteiger partial charge in [0.1, 0.15) is 23.0 Å². The van der Waals surface area contributed by atoms with Crippen molar-refractivity contribution in [3.8, 4) is 34.1 Å². The number of methoxy groups -OCH3 is 2. The number of thioether (sulfide) groups is 1. The molecule has 1 saturated carbocycles. The lowest BCUT2D eigenvalue weighted by Gasteiger charge is -2.44. The SMILES string of the molecule is COc1ccc(C2(c3ccc(OC)cc3)C=Cc3c4c(c5cc6c(cc5c3O2)SC(C)(C)O6)-c2ccccc2C42CCC(C)(C)CC2)cc1. The summed E-state index contributed by atoms with van der Waals surface area (Å²) >= 11 is 1.78. The average molecular weight is 667 g/mol. The van der Waals surface area contributed by atoms with E-state index in [4.69, 9.17) is 18.9 Å². The zero-order chi connectivity index (χ0) is 33.8. The first-order chi connectivity index (χ1) is 23.6. The van der Waals surface area contributed by atoms with Crippen LogP contribution in [0.2, 0.25) is 0 Å². The van der Waals surface area contributed by atoms with Gasteiger partial charge in [-0.2, -0.15) is 0 Å². The first kappa shape index (κ1) is 30.7. The molecule has 248 valence electrons. The molecule has 0 aromatic heterocycles. The Labute approximate surface area is 293 Å². The molecule has 9 rings (SSSR count). The third-order valence-corrected chi connectivity index (χ3v) is 12.6. The molecule has 0 unspecified atom stereocenters. The Bertz CT molecular complexity index is 2120. The van der Waals surface area contributed by atoms with Crippen LogP contribution in [0.4, 0.5) is 0 Å². The Morgan fingerprint density at radius 3 is 1.96 bits per heavy atom. The molecule has 2 heterocycles. The van der Waals surface area contributed by atoms with Crippen molar-refractivity contribution >= 4 is 28.6 Å². The maximum atomic E-state index is 7.64. The van der Waals surface area contributed by atoms with Crippen molar-refractivity contribution in [1.82, 2.24) is 0 Å². The van der Waals surface area contributed by atoms with Crippen LogP contribution in [0.5, 0.6) is 23.0 Å². The van der Waals surface area contributed by atoms with E-state index in [1.807, 2.05) is 24.3 Å². The summed E-state index contributed by atoms with van der Waals surface area (Å²) in [5.74, 6) is 3.52. The smallest absolute Gasteiger partial charge is 0.178 e. The maximum absolute atomic E-state index is 7.64. The molecule has 2 aliphatic heterocycles. The minimum atomic E-state index is -0.873. The highest BCUT2D eigenvalue weighted by Gasteiger charge is 2.51. The number of ether oxygens (including phenoxy) is 4. The minimum absolute atomic E-state index is 0.0818. The number of benzene rings is 5. The Hall–Kier alpha value is -4.35.